The van der Waals surface area contributed by atoms with Crippen LogP contribution in [0, 0.1) is 11.3 Å². The number of rotatable bonds is 9. The highest BCUT2D eigenvalue weighted by Gasteiger charge is 1.89. The quantitative estimate of drug-likeness (QED) is 0.422. The summed E-state index contributed by atoms with van der Waals surface area (Å²) in [7, 11) is 1.66. The lowest BCUT2D eigenvalue weighted by molar-refractivity contribution is 0.0688. The van der Waals surface area contributed by atoms with Crippen LogP contribution in [0.1, 0.15) is 12.8 Å². The fourth-order valence-corrected chi connectivity index (χ4v) is 0.843. The van der Waals surface area contributed by atoms with Gasteiger partial charge in [0, 0.05) is 13.7 Å². The van der Waals surface area contributed by atoms with E-state index < -0.39 is 0 Å². The number of nitrogens with zero attached hydrogens (tertiary/aromatic N) is 1. The van der Waals surface area contributed by atoms with Gasteiger partial charge in [0.25, 0.3) is 0 Å². The van der Waals surface area contributed by atoms with Crippen molar-refractivity contribution in [3.05, 3.63) is 0 Å². The molecule has 13 heavy (non-hydrogen) atoms. The minimum absolute atomic E-state index is 0.435. The first-order chi connectivity index (χ1) is 6.41. The van der Waals surface area contributed by atoms with Crippen LogP contribution in [-0.2, 0) is 9.47 Å². The molecule has 0 aromatic carbocycles. The molecule has 0 heterocycles. The molecule has 0 fully saturated rings. The van der Waals surface area contributed by atoms with Gasteiger partial charge in [-0.3, -0.25) is 0 Å². The fourth-order valence-electron chi connectivity index (χ4n) is 0.843. The molecule has 4 nitrogen and oxygen atoms in total. The zero-order chi connectivity index (χ0) is 9.78. The Balaban J connectivity index is 2.80. The van der Waals surface area contributed by atoms with Crippen molar-refractivity contribution >= 4 is 0 Å². The van der Waals surface area contributed by atoms with E-state index in [1.807, 2.05) is 6.07 Å². The van der Waals surface area contributed by atoms with Crippen LogP contribution in [0.4, 0.5) is 0 Å². The Bertz CT molecular complexity index is 134. The molecule has 4 heteroatoms. The maximum absolute atomic E-state index is 8.21. The van der Waals surface area contributed by atoms with Gasteiger partial charge in [0.2, 0.25) is 0 Å². The molecule has 0 saturated heterocycles. The van der Waals surface area contributed by atoms with Crippen molar-refractivity contribution in [2.45, 2.75) is 12.8 Å². The van der Waals surface area contributed by atoms with E-state index in [1.54, 1.807) is 7.11 Å². The van der Waals surface area contributed by atoms with E-state index in [2.05, 4.69) is 5.32 Å². The molecule has 0 radical (unpaired) electrons. The molecule has 0 amide bonds. The summed E-state index contributed by atoms with van der Waals surface area (Å²) in [6.07, 6.45) is 2.08. The highest BCUT2D eigenvalue weighted by atomic mass is 16.5. The molecule has 0 aromatic heterocycles. The Morgan fingerprint density at radius 1 is 1.23 bits per heavy atom. The van der Waals surface area contributed by atoms with Gasteiger partial charge >= 0.3 is 0 Å². The number of nitriles is 1. The number of ether oxygens (including phenoxy) is 2. The highest BCUT2D eigenvalue weighted by molar-refractivity contribution is 4.72. The van der Waals surface area contributed by atoms with E-state index in [9.17, 15) is 0 Å². The van der Waals surface area contributed by atoms with Gasteiger partial charge in [-0.2, -0.15) is 5.26 Å². The zero-order valence-corrected chi connectivity index (χ0v) is 8.21. The lowest BCUT2D eigenvalue weighted by atomic mass is 10.3. The molecular formula is C9H18N2O2. The van der Waals surface area contributed by atoms with Gasteiger partial charge in [-0.25, -0.2) is 0 Å². The molecule has 0 rings (SSSR count). The summed E-state index contributed by atoms with van der Waals surface area (Å²) in [5.74, 6) is 0. The van der Waals surface area contributed by atoms with Gasteiger partial charge in [0.1, 0.15) is 0 Å². The number of methoxy groups -OCH3 is 1. The molecule has 0 bridgehead atoms. The molecular weight excluding hydrogens is 168 g/mol. The van der Waals surface area contributed by atoms with Crippen LogP contribution in [0.2, 0.25) is 0 Å². The molecule has 0 atom stereocenters. The summed E-state index contributed by atoms with van der Waals surface area (Å²) >= 11 is 0. The van der Waals surface area contributed by atoms with E-state index in [0.29, 0.717) is 19.8 Å². The van der Waals surface area contributed by atoms with Crippen LogP contribution < -0.4 is 5.32 Å². The van der Waals surface area contributed by atoms with Crippen molar-refractivity contribution in [3.8, 4) is 6.07 Å². The van der Waals surface area contributed by atoms with Gasteiger partial charge in [0.15, 0.2) is 0 Å². The molecule has 1 N–H and O–H groups in total. The fraction of sp³-hybridized carbons (Fsp3) is 0.889. The van der Waals surface area contributed by atoms with Gasteiger partial charge in [-0.1, -0.05) is 0 Å². The molecule has 0 saturated carbocycles. The number of hydrogen-bond donors (Lipinski definition) is 1. The third-order valence-corrected chi connectivity index (χ3v) is 1.53. The van der Waals surface area contributed by atoms with Gasteiger partial charge < -0.3 is 14.8 Å². The Labute approximate surface area is 79.8 Å². The predicted molar refractivity (Wildman–Crippen MR) is 50.4 cm³/mol. The average molecular weight is 186 g/mol. The summed E-state index contributed by atoms with van der Waals surface area (Å²) in [5, 5.41) is 11.2. The van der Waals surface area contributed by atoms with Crippen LogP contribution in [0.15, 0.2) is 0 Å². The van der Waals surface area contributed by atoms with Crippen molar-refractivity contribution in [2.75, 3.05) is 40.0 Å². The SMILES string of the molecule is COCCOCCCCNCC#N. The monoisotopic (exact) mass is 186 g/mol. The molecule has 0 unspecified atom stereocenters. The van der Waals surface area contributed by atoms with Gasteiger partial charge in [-0.05, 0) is 19.4 Å². The molecule has 0 spiro atoms. The van der Waals surface area contributed by atoms with Crippen LogP contribution in [0.5, 0.6) is 0 Å². The van der Waals surface area contributed by atoms with Crippen LogP contribution in [0.3, 0.4) is 0 Å². The van der Waals surface area contributed by atoms with Crippen molar-refractivity contribution in [1.82, 2.24) is 5.32 Å². The first-order valence-corrected chi connectivity index (χ1v) is 4.56. The smallest absolute Gasteiger partial charge is 0.0840 e. The van der Waals surface area contributed by atoms with E-state index in [4.69, 9.17) is 14.7 Å². The van der Waals surface area contributed by atoms with Crippen molar-refractivity contribution < 1.29 is 9.47 Å². The van der Waals surface area contributed by atoms with Gasteiger partial charge in [0.05, 0.1) is 25.8 Å². The number of nitrogens with one attached hydrogen (secondary N) is 1. The van der Waals surface area contributed by atoms with E-state index in [-0.39, 0.29) is 0 Å². The van der Waals surface area contributed by atoms with Crippen LogP contribution in [-0.4, -0.2) is 40.0 Å². The lowest BCUT2D eigenvalue weighted by Crippen LogP contribution is -2.15. The third kappa shape index (κ3) is 11.4. The van der Waals surface area contributed by atoms with Crippen molar-refractivity contribution in [2.24, 2.45) is 0 Å². The molecule has 76 valence electrons. The van der Waals surface area contributed by atoms with Crippen LogP contribution >= 0.6 is 0 Å². The Morgan fingerprint density at radius 3 is 2.77 bits per heavy atom. The van der Waals surface area contributed by atoms with E-state index in [0.717, 1.165) is 26.0 Å². The summed E-state index contributed by atoms with van der Waals surface area (Å²) in [6, 6.07) is 2.03. The maximum Gasteiger partial charge on any atom is 0.0840 e. The second-order valence-corrected chi connectivity index (χ2v) is 2.65. The molecule has 0 aromatic rings. The second kappa shape index (κ2) is 11.4. The largest absolute Gasteiger partial charge is 0.382 e. The first-order valence-electron chi connectivity index (χ1n) is 4.56. The standard InChI is InChI=1S/C9H18N2O2/c1-12-8-9-13-7-3-2-5-11-6-4-10/h11H,2-3,5-9H2,1H3. The topological polar surface area (TPSA) is 54.3 Å². The Hall–Kier alpha value is -0.630. The summed E-state index contributed by atoms with van der Waals surface area (Å²) in [5.41, 5.74) is 0. The second-order valence-electron chi connectivity index (χ2n) is 2.65. The van der Waals surface area contributed by atoms with Crippen molar-refractivity contribution in [3.63, 3.8) is 0 Å². The molecule has 0 aliphatic rings. The molecule has 0 aliphatic carbocycles. The predicted octanol–water partition coefficient (Wildman–Crippen LogP) is 0.543. The van der Waals surface area contributed by atoms with Gasteiger partial charge in [-0.15, -0.1) is 0 Å². The molecule has 0 aliphatic heterocycles. The van der Waals surface area contributed by atoms with Crippen molar-refractivity contribution in [1.29, 1.82) is 5.26 Å². The lowest BCUT2D eigenvalue weighted by Gasteiger charge is -2.03. The number of unbranched alkanes of at least 4 members (excludes halogenated alkanes) is 1. The minimum Gasteiger partial charge on any atom is -0.382 e. The third-order valence-electron chi connectivity index (χ3n) is 1.53. The summed E-state index contributed by atoms with van der Waals surface area (Å²) in [4.78, 5) is 0. The van der Waals surface area contributed by atoms with Crippen LogP contribution in [0.25, 0.3) is 0 Å². The van der Waals surface area contributed by atoms with E-state index in [1.165, 1.54) is 0 Å². The number of hydrogen-bond acceptors (Lipinski definition) is 4. The summed E-state index contributed by atoms with van der Waals surface area (Å²) < 4.78 is 10.1. The Kier molecular flexibility index (Phi) is 10.8. The highest BCUT2D eigenvalue weighted by Crippen LogP contribution is 1.88. The maximum atomic E-state index is 8.21. The minimum atomic E-state index is 0.435. The first kappa shape index (κ1) is 12.4. The van der Waals surface area contributed by atoms with E-state index >= 15 is 0 Å². The summed E-state index contributed by atoms with van der Waals surface area (Å²) in [6.45, 7) is 3.43. The normalized spacial score (nSPS) is 9.85. The zero-order valence-electron chi connectivity index (χ0n) is 8.21. The average Bonchev–Trinajstić information content (AvgIpc) is 2.16. The Morgan fingerprint density at radius 2 is 2.08 bits per heavy atom.